The van der Waals surface area contributed by atoms with Crippen LogP contribution in [0.3, 0.4) is 0 Å². The van der Waals surface area contributed by atoms with Gasteiger partial charge in [0.15, 0.2) is 12.7 Å². The van der Waals surface area contributed by atoms with Gasteiger partial charge in [0.2, 0.25) is 5.51 Å². The fourth-order valence-corrected chi connectivity index (χ4v) is 2.79. The van der Waals surface area contributed by atoms with Gasteiger partial charge in [-0.05, 0) is 18.8 Å². The van der Waals surface area contributed by atoms with Crippen molar-refractivity contribution in [2.45, 2.75) is 39.2 Å². The van der Waals surface area contributed by atoms with Gasteiger partial charge in [-0.15, -0.1) is 0 Å². The minimum atomic E-state index is 0.941. The second kappa shape index (κ2) is 4.23. The Balaban J connectivity index is 1.83. The zero-order valence-corrected chi connectivity index (χ0v) is 9.09. The Labute approximate surface area is 84.4 Å². The normalized spacial score (nSPS) is 29.0. The Kier molecular flexibility index (Phi) is 2.99. The van der Waals surface area contributed by atoms with Crippen LogP contribution in [0.4, 0.5) is 0 Å². The maximum atomic E-state index is 2.38. The summed E-state index contributed by atoms with van der Waals surface area (Å²) in [5.74, 6) is 1.92. The van der Waals surface area contributed by atoms with Crippen molar-refractivity contribution < 1.29 is 4.57 Å². The van der Waals surface area contributed by atoms with Crippen molar-refractivity contribution in [3.05, 3.63) is 17.1 Å². The second-order valence-corrected chi connectivity index (χ2v) is 5.10. The lowest BCUT2D eigenvalue weighted by molar-refractivity contribution is -0.699. The van der Waals surface area contributed by atoms with Gasteiger partial charge < -0.3 is 0 Å². The van der Waals surface area contributed by atoms with Crippen LogP contribution < -0.4 is 4.57 Å². The van der Waals surface area contributed by atoms with E-state index >= 15 is 0 Å². The maximum absolute atomic E-state index is 2.38. The molecule has 1 saturated carbocycles. The largest absolute Gasteiger partial charge is 0.224 e. The lowest BCUT2D eigenvalue weighted by atomic mass is 9.83. The molecular weight excluding hydrogens is 178 g/mol. The monoisotopic (exact) mass is 196 g/mol. The predicted molar refractivity (Wildman–Crippen MR) is 55.6 cm³/mol. The van der Waals surface area contributed by atoms with Gasteiger partial charge in [-0.3, -0.25) is 0 Å². The van der Waals surface area contributed by atoms with E-state index in [2.05, 4.69) is 28.6 Å². The topological polar surface area (TPSA) is 3.88 Å². The molecule has 0 N–H and O–H groups in total. The van der Waals surface area contributed by atoms with Crippen molar-refractivity contribution in [2.75, 3.05) is 0 Å². The highest BCUT2D eigenvalue weighted by Crippen LogP contribution is 2.28. The van der Waals surface area contributed by atoms with Gasteiger partial charge in [0, 0.05) is 5.92 Å². The molecular formula is C11H18NS+. The summed E-state index contributed by atoms with van der Waals surface area (Å²) in [6.07, 6.45) is 7.95. The van der Waals surface area contributed by atoms with Crippen LogP contribution in [0.5, 0.6) is 0 Å². The zero-order chi connectivity index (χ0) is 9.10. The van der Waals surface area contributed by atoms with Gasteiger partial charge in [-0.25, -0.2) is 0 Å². The molecule has 0 spiro atoms. The van der Waals surface area contributed by atoms with Crippen molar-refractivity contribution in [3.8, 4) is 0 Å². The lowest BCUT2D eigenvalue weighted by Gasteiger charge is -2.23. The average molecular weight is 196 g/mol. The van der Waals surface area contributed by atoms with Crippen molar-refractivity contribution in [1.29, 1.82) is 0 Å². The third kappa shape index (κ3) is 2.53. The van der Waals surface area contributed by atoms with E-state index in [0.29, 0.717) is 0 Å². The predicted octanol–water partition coefficient (Wildman–Crippen LogP) is 2.86. The molecule has 0 saturated heterocycles. The van der Waals surface area contributed by atoms with E-state index < -0.39 is 0 Å². The summed E-state index contributed by atoms with van der Waals surface area (Å²) >= 11 is 1.79. The zero-order valence-electron chi connectivity index (χ0n) is 8.28. The summed E-state index contributed by atoms with van der Waals surface area (Å²) < 4.78 is 2.34. The summed E-state index contributed by atoms with van der Waals surface area (Å²) in [5, 5.41) is 2.16. The maximum Gasteiger partial charge on any atom is 0.224 e. The number of hydrogen-bond donors (Lipinski definition) is 0. The minimum absolute atomic E-state index is 0.941. The Morgan fingerprint density at radius 2 is 2.08 bits per heavy atom. The summed E-state index contributed by atoms with van der Waals surface area (Å²) in [4.78, 5) is 0. The van der Waals surface area contributed by atoms with Crippen molar-refractivity contribution >= 4 is 11.3 Å². The molecule has 1 aliphatic carbocycles. The van der Waals surface area contributed by atoms with E-state index in [-0.39, 0.29) is 0 Å². The minimum Gasteiger partial charge on any atom is -0.195 e. The molecule has 13 heavy (non-hydrogen) atoms. The van der Waals surface area contributed by atoms with Crippen molar-refractivity contribution in [2.24, 2.45) is 11.8 Å². The molecule has 1 fully saturated rings. The lowest BCUT2D eigenvalue weighted by Crippen LogP contribution is -2.35. The summed E-state index contributed by atoms with van der Waals surface area (Å²) in [7, 11) is 0. The van der Waals surface area contributed by atoms with Crippen LogP contribution in [0.15, 0.2) is 17.1 Å². The van der Waals surface area contributed by atoms with Gasteiger partial charge in [-0.2, -0.15) is 4.57 Å². The van der Waals surface area contributed by atoms with E-state index in [0.717, 1.165) is 11.8 Å². The molecule has 0 aromatic carbocycles. The van der Waals surface area contributed by atoms with Crippen LogP contribution in [0, 0.1) is 11.8 Å². The number of rotatable bonds is 2. The van der Waals surface area contributed by atoms with E-state index in [1.807, 2.05) is 0 Å². The third-order valence-electron chi connectivity index (χ3n) is 3.13. The standard InChI is InChI=1S/C11H18NS/c1-10-2-4-11(5-3-10)8-12-6-7-13-9-12/h6-7,9-11H,2-5,8H2,1H3/q+1. The molecule has 2 heteroatoms. The SMILES string of the molecule is CC1CCC(C[n+]2ccsc2)CC1. The average Bonchev–Trinajstić information content (AvgIpc) is 2.62. The quantitative estimate of drug-likeness (QED) is 0.640. The van der Waals surface area contributed by atoms with Crippen LogP contribution in [0.1, 0.15) is 32.6 Å². The van der Waals surface area contributed by atoms with Crippen LogP contribution in [-0.4, -0.2) is 0 Å². The van der Waals surface area contributed by atoms with E-state index in [1.165, 1.54) is 32.2 Å². The highest BCUT2D eigenvalue weighted by molar-refractivity contribution is 7.07. The van der Waals surface area contributed by atoms with Crippen LogP contribution in [-0.2, 0) is 6.54 Å². The number of aromatic nitrogens is 1. The first-order valence-corrected chi connectivity index (χ1v) is 6.20. The highest BCUT2D eigenvalue weighted by atomic mass is 32.1. The van der Waals surface area contributed by atoms with Crippen LogP contribution in [0.2, 0.25) is 0 Å². The van der Waals surface area contributed by atoms with E-state index in [1.54, 1.807) is 11.3 Å². The fraction of sp³-hybridized carbons (Fsp3) is 0.727. The molecule has 1 heterocycles. The number of nitrogens with zero attached hydrogens (tertiary/aromatic N) is 1. The van der Waals surface area contributed by atoms with Gasteiger partial charge in [0.25, 0.3) is 0 Å². The molecule has 72 valence electrons. The van der Waals surface area contributed by atoms with Crippen LogP contribution in [0.25, 0.3) is 0 Å². The first kappa shape index (κ1) is 9.20. The van der Waals surface area contributed by atoms with Gasteiger partial charge in [0.05, 0.1) is 5.38 Å². The van der Waals surface area contributed by atoms with Crippen molar-refractivity contribution in [3.63, 3.8) is 0 Å². The molecule has 0 aliphatic heterocycles. The molecule has 0 amide bonds. The highest BCUT2D eigenvalue weighted by Gasteiger charge is 2.21. The smallest absolute Gasteiger partial charge is 0.195 e. The summed E-state index contributed by atoms with van der Waals surface area (Å²) in [6.45, 7) is 3.63. The molecule has 1 aliphatic rings. The Hall–Kier alpha value is -0.370. The summed E-state index contributed by atoms with van der Waals surface area (Å²) in [5.41, 5.74) is 2.22. The molecule has 1 aromatic heterocycles. The first-order chi connectivity index (χ1) is 6.34. The van der Waals surface area contributed by atoms with Gasteiger partial charge in [0.1, 0.15) is 0 Å². The number of hydrogen-bond acceptors (Lipinski definition) is 1. The number of thiazole rings is 1. The Bertz CT molecular complexity index is 235. The third-order valence-corrected chi connectivity index (χ3v) is 3.80. The van der Waals surface area contributed by atoms with E-state index in [4.69, 9.17) is 0 Å². The molecule has 0 unspecified atom stereocenters. The van der Waals surface area contributed by atoms with Crippen molar-refractivity contribution in [1.82, 2.24) is 0 Å². The Morgan fingerprint density at radius 1 is 1.31 bits per heavy atom. The molecule has 1 aromatic rings. The molecule has 1 nitrogen and oxygen atoms in total. The molecule has 0 bridgehead atoms. The van der Waals surface area contributed by atoms with Gasteiger partial charge >= 0.3 is 0 Å². The van der Waals surface area contributed by atoms with E-state index in [9.17, 15) is 0 Å². The molecule has 2 rings (SSSR count). The first-order valence-electron chi connectivity index (χ1n) is 5.26. The molecule has 0 radical (unpaired) electrons. The fourth-order valence-electron chi connectivity index (χ4n) is 2.18. The summed E-state index contributed by atoms with van der Waals surface area (Å²) in [6, 6.07) is 0. The molecule has 0 atom stereocenters. The van der Waals surface area contributed by atoms with Crippen LogP contribution >= 0.6 is 11.3 Å². The second-order valence-electron chi connectivity index (χ2n) is 4.35. The Morgan fingerprint density at radius 3 is 2.69 bits per heavy atom. The van der Waals surface area contributed by atoms with Gasteiger partial charge in [-0.1, -0.05) is 31.1 Å².